The fourth-order valence-electron chi connectivity index (χ4n) is 1.80. The summed E-state index contributed by atoms with van der Waals surface area (Å²) in [5.41, 5.74) is -0.0128. The average molecular weight is 287 g/mol. The number of hydrogen-bond acceptors (Lipinski definition) is 4. The third kappa shape index (κ3) is 3.33. The van der Waals surface area contributed by atoms with Crippen LogP contribution in [0.3, 0.4) is 0 Å². The second-order valence-electron chi connectivity index (χ2n) is 4.40. The lowest BCUT2D eigenvalue weighted by atomic mass is 10.3. The summed E-state index contributed by atoms with van der Waals surface area (Å²) < 4.78 is 1.03. The zero-order valence-electron chi connectivity index (χ0n) is 11.3. The molecule has 0 fully saturated rings. The van der Waals surface area contributed by atoms with Gasteiger partial charge in [0.25, 0.3) is 11.2 Å². The fraction of sp³-hybridized carbons (Fsp3) is 0.143. The number of carbonyl (C=O) groups excluding carboxylic acids is 1. The van der Waals surface area contributed by atoms with Crippen LogP contribution in [0.15, 0.2) is 53.5 Å². The average Bonchev–Trinajstić information content (AvgIpc) is 2.49. The van der Waals surface area contributed by atoms with Crippen LogP contribution in [0, 0.1) is 10.1 Å². The standard InChI is InChI=1S/C14H13N3O4/c1-15(11-5-3-2-4-6-11)14(19)10-16-9-12(17(20)21)7-8-13(16)18/h2-9H,10H2,1H3. The molecule has 1 aromatic carbocycles. The summed E-state index contributed by atoms with van der Waals surface area (Å²) in [5, 5.41) is 10.7. The number of rotatable bonds is 4. The summed E-state index contributed by atoms with van der Waals surface area (Å²) in [6.07, 6.45) is 1.07. The minimum Gasteiger partial charge on any atom is -0.314 e. The summed E-state index contributed by atoms with van der Waals surface area (Å²) in [4.78, 5) is 35.3. The zero-order chi connectivity index (χ0) is 15.4. The SMILES string of the molecule is CN(C(=O)Cn1cc([N+](=O)[O-])ccc1=O)c1ccccc1. The van der Waals surface area contributed by atoms with E-state index in [1.807, 2.05) is 6.07 Å². The molecular formula is C14H13N3O4. The molecular weight excluding hydrogens is 274 g/mol. The van der Waals surface area contributed by atoms with Gasteiger partial charge in [0.15, 0.2) is 0 Å². The Hall–Kier alpha value is -2.96. The summed E-state index contributed by atoms with van der Waals surface area (Å²) in [7, 11) is 1.58. The van der Waals surface area contributed by atoms with E-state index in [0.717, 1.165) is 22.9 Å². The largest absolute Gasteiger partial charge is 0.314 e. The first-order valence-electron chi connectivity index (χ1n) is 6.15. The summed E-state index contributed by atoms with van der Waals surface area (Å²) in [6, 6.07) is 11.1. The molecule has 2 aromatic rings. The van der Waals surface area contributed by atoms with Crippen LogP contribution in [0.5, 0.6) is 0 Å². The van der Waals surface area contributed by atoms with Crippen molar-refractivity contribution in [1.29, 1.82) is 0 Å². The third-order valence-electron chi connectivity index (χ3n) is 3.00. The van der Waals surface area contributed by atoms with E-state index in [1.54, 1.807) is 31.3 Å². The maximum absolute atomic E-state index is 12.1. The monoisotopic (exact) mass is 287 g/mol. The Balaban J connectivity index is 2.22. The van der Waals surface area contributed by atoms with Crippen LogP contribution < -0.4 is 10.5 Å². The maximum Gasteiger partial charge on any atom is 0.285 e. The Morgan fingerprint density at radius 3 is 2.52 bits per heavy atom. The molecule has 0 saturated carbocycles. The molecule has 1 amide bonds. The quantitative estimate of drug-likeness (QED) is 0.628. The lowest BCUT2D eigenvalue weighted by molar-refractivity contribution is -0.385. The van der Waals surface area contributed by atoms with Crippen LogP contribution in [-0.2, 0) is 11.3 Å². The van der Waals surface area contributed by atoms with Gasteiger partial charge >= 0.3 is 0 Å². The molecule has 0 atom stereocenters. The van der Waals surface area contributed by atoms with Crippen molar-refractivity contribution in [2.45, 2.75) is 6.54 Å². The Kier molecular flexibility index (Phi) is 4.13. The van der Waals surface area contributed by atoms with Gasteiger partial charge in [-0.25, -0.2) is 0 Å². The van der Waals surface area contributed by atoms with Crippen molar-refractivity contribution in [2.75, 3.05) is 11.9 Å². The van der Waals surface area contributed by atoms with E-state index in [0.29, 0.717) is 5.69 Å². The van der Waals surface area contributed by atoms with Gasteiger partial charge in [-0.3, -0.25) is 24.3 Å². The molecule has 21 heavy (non-hydrogen) atoms. The first-order chi connectivity index (χ1) is 9.99. The molecule has 0 aliphatic heterocycles. The van der Waals surface area contributed by atoms with Crippen molar-refractivity contribution in [3.63, 3.8) is 0 Å². The lowest BCUT2D eigenvalue weighted by Gasteiger charge is -2.17. The smallest absolute Gasteiger partial charge is 0.285 e. The minimum absolute atomic E-state index is 0.232. The normalized spacial score (nSPS) is 10.1. The number of anilines is 1. The second kappa shape index (κ2) is 6.00. The number of aromatic nitrogens is 1. The number of hydrogen-bond donors (Lipinski definition) is 0. The first-order valence-corrected chi connectivity index (χ1v) is 6.15. The van der Waals surface area contributed by atoms with Crippen molar-refractivity contribution >= 4 is 17.3 Å². The second-order valence-corrected chi connectivity index (χ2v) is 4.40. The predicted octanol–water partition coefficient (Wildman–Crippen LogP) is 1.42. The molecule has 0 aliphatic carbocycles. The Morgan fingerprint density at radius 1 is 1.24 bits per heavy atom. The van der Waals surface area contributed by atoms with Crippen molar-refractivity contribution in [3.05, 3.63) is 69.1 Å². The fourth-order valence-corrected chi connectivity index (χ4v) is 1.80. The summed E-state index contributed by atoms with van der Waals surface area (Å²) in [6.45, 7) is -0.258. The molecule has 0 N–H and O–H groups in total. The van der Waals surface area contributed by atoms with E-state index < -0.39 is 10.5 Å². The summed E-state index contributed by atoms with van der Waals surface area (Å²) >= 11 is 0. The zero-order valence-corrected chi connectivity index (χ0v) is 11.3. The van der Waals surface area contributed by atoms with Crippen LogP contribution in [0.4, 0.5) is 11.4 Å². The van der Waals surface area contributed by atoms with Crippen molar-refractivity contribution in [3.8, 4) is 0 Å². The van der Waals surface area contributed by atoms with Crippen molar-refractivity contribution in [1.82, 2.24) is 4.57 Å². The number of benzene rings is 1. The van der Waals surface area contributed by atoms with Gasteiger partial charge in [0.2, 0.25) is 5.91 Å². The van der Waals surface area contributed by atoms with E-state index >= 15 is 0 Å². The summed E-state index contributed by atoms with van der Waals surface area (Å²) in [5.74, 6) is -0.344. The molecule has 0 spiro atoms. The van der Waals surface area contributed by atoms with Crippen LogP contribution in [0.1, 0.15) is 0 Å². The topological polar surface area (TPSA) is 85.4 Å². The highest BCUT2D eigenvalue weighted by Gasteiger charge is 2.14. The van der Waals surface area contributed by atoms with Gasteiger partial charge in [-0.1, -0.05) is 18.2 Å². The van der Waals surface area contributed by atoms with Gasteiger partial charge in [-0.05, 0) is 12.1 Å². The van der Waals surface area contributed by atoms with Crippen molar-refractivity contribution in [2.24, 2.45) is 0 Å². The number of amides is 1. The molecule has 0 unspecified atom stereocenters. The number of carbonyl (C=O) groups is 1. The van der Waals surface area contributed by atoms with Gasteiger partial charge in [0, 0.05) is 24.9 Å². The molecule has 0 bridgehead atoms. The number of pyridine rings is 1. The van der Waals surface area contributed by atoms with E-state index in [-0.39, 0.29) is 18.1 Å². The van der Waals surface area contributed by atoms with Crippen LogP contribution >= 0.6 is 0 Å². The molecule has 7 nitrogen and oxygen atoms in total. The molecule has 1 aromatic heterocycles. The number of likely N-dealkylation sites (N-methyl/N-ethyl adjacent to an activating group) is 1. The van der Waals surface area contributed by atoms with Gasteiger partial charge in [0.05, 0.1) is 11.1 Å². The highest BCUT2D eigenvalue weighted by molar-refractivity contribution is 5.92. The van der Waals surface area contributed by atoms with E-state index in [9.17, 15) is 19.7 Å². The molecule has 7 heteroatoms. The molecule has 0 aliphatic rings. The molecule has 2 rings (SSSR count). The van der Waals surface area contributed by atoms with E-state index in [4.69, 9.17) is 0 Å². The van der Waals surface area contributed by atoms with E-state index in [1.165, 1.54) is 4.90 Å². The Labute approximate surface area is 120 Å². The van der Waals surface area contributed by atoms with E-state index in [2.05, 4.69) is 0 Å². The lowest BCUT2D eigenvalue weighted by Crippen LogP contribution is -2.33. The highest BCUT2D eigenvalue weighted by atomic mass is 16.6. The highest BCUT2D eigenvalue weighted by Crippen LogP contribution is 2.12. The maximum atomic E-state index is 12.1. The van der Waals surface area contributed by atoms with Crippen LogP contribution in [-0.4, -0.2) is 22.4 Å². The van der Waals surface area contributed by atoms with Gasteiger partial charge in [-0.15, -0.1) is 0 Å². The molecule has 0 saturated heterocycles. The van der Waals surface area contributed by atoms with Gasteiger partial charge in [-0.2, -0.15) is 0 Å². The Morgan fingerprint density at radius 2 is 1.90 bits per heavy atom. The van der Waals surface area contributed by atoms with Crippen LogP contribution in [0.2, 0.25) is 0 Å². The predicted molar refractivity (Wildman–Crippen MR) is 77.2 cm³/mol. The first kappa shape index (κ1) is 14.4. The molecule has 1 heterocycles. The van der Waals surface area contributed by atoms with Gasteiger partial charge in [0.1, 0.15) is 6.54 Å². The number of nitro groups is 1. The minimum atomic E-state index is -0.610. The molecule has 108 valence electrons. The Bertz CT molecular complexity index is 724. The third-order valence-corrected chi connectivity index (χ3v) is 3.00. The van der Waals surface area contributed by atoms with Crippen molar-refractivity contribution < 1.29 is 9.72 Å². The number of para-hydroxylation sites is 1. The number of nitrogens with zero attached hydrogens (tertiary/aromatic N) is 3. The van der Waals surface area contributed by atoms with Crippen LogP contribution in [0.25, 0.3) is 0 Å². The van der Waals surface area contributed by atoms with Gasteiger partial charge < -0.3 is 4.90 Å². The molecule has 0 radical (unpaired) electrons.